The highest BCUT2D eigenvalue weighted by molar-refractivity contribution is 5.82. The van der Waals surface area contributed by atoms with Crippen LogP contribution in [0.15, 0.2) is 54.6 Å². The number of methoxy groups -OCH3 is 1. The Kier molecular flexibility index (Phi) is 4.95. The standard InChI is InChI=1S/C17H20N2O2/c1-19(12-14-10-6-7-11-15(14)21-2)17(20)16(18)13-8-4-3-5-9-13/h3-11,16H,12,18H2,1-2H3/t16-/m1/s1. The second kappa shape index (κ2) is 6.90. The predicted molar refractivity (Wildman–Crippen MR) is 82.8 cm³/mol. The fourth-order valence-corrected chi connectivity index (χ4v) is 2.21. The highest BCUT2D eigenvalue weighted by Gasteiger charge is 2.20. The fourth-order valence-electron chi connectivity index (χ4n) is 2.21. The molecule has 0 saturated carbocycles. The van der Waals surface area contributed by atoms with E-state index < -0.39 is 6.04 Å². The Morgan fingerprint density at radius 2 is 1.76 bits per heavy atom. The smallest absolute Gasteiger partial charge is 0.244 e. The van der Waals surface area contributed by atoms with E-state index in [2.05, 4.69) is 0 Å². The van der Waals surface area contributed by atoms with Crippen molar-refractivity contribution in [3.8, 4) is 5.75 Å². The topological polar surface area (TPSA) is 55.6 Å². The number of rotatable bonds is 5. The van der Waals surface area contributed by atoms with Crippen LogP contribution in [-0.4, -0.2) is 25.0 Å². The molecule has 21 heavy (non-hydrogen) atoms. The maximum atomic E-state index is 12.4. The Hall–Kier alpha value is -2.33. The van der Waals surface area contributed by atoms with Gasteiger partial charge in [-0.05, 0) is 11.6 Å². The molecule has 0 bridgehead atoms. The molecule has 0 aliphatic carbocycles. The van der Waals surface area contributed by atoms with Crippen LogP contribution < -0.4 is 10.5 Å². The number of nitrogens with two attached hydrogens (primary N) is 1. The predicted octanol–water partition coefficient (Wildman–Crippen LogP) is 2.35. The summed E-state index contributed by atoms with van der Waals surface area (Å²) in [6.07, 6.45) is 0. The molecular formula is C17H20N2O2. The van der Waals surface area contributed by atoms with Crippen LogP contribution in [0.2, 0.25) is 0 Å². The van der Waals surface area contributed by atoms with Gasteiger partial charge in [0.1, 0.15) is 11.8 Å². The Morgan fingerprint density at radius 3 is 2.43 bits per heavy atom. The number of likely N-dealkylation sites (N-methyl/N-ethyl adjacent to an activating group) is 1. The zero-order chi connectivity index (χ0) is 15.2. The lowest BCUT2D eigenvalue weighted by Gasteiger charge is -2.22. The SMILES string of the molecule is COc1ccccc1CN(C)C(=O)[C@H](N)c1ccccc1. The number of para-hydroxylation sites is 1. The molecule has 2 aromatic carbocycles. The Balaban J connectivity index is 2.09. The minimum Gasteiger partial charge on any atom is -0.496 e. The van der Waals surface area contributed by atoms with Gasteiger partial charge < -0.3 is 15.4 Å². The van der Waals surface area contributed by atoms with Crippen molar-refractivity contribution in [1.82, 2.24) is 4.90 Å². The van der Waals surface area contributed by atoms with Crippen LogP contribution in [0.1, 0.15) is 17.2 Å². The lowest BCUT2D eigenvalue weighted by atomic mass is 10.1. The number of ether oxygens (including phenoxy) is 1. The monoisotopic (exact) mass is 284 g/mol. The van der Waals surface area contributed by atoms with E-state index in [0.29, 0.717) is 6.54 Å². The highest BCUT2D eigenvalue weighted by Crippen LogP contribution is 2.20. The Labute approximate surface area is 125 Å². The molecule has 0 fully saturated rings. The van der Waals surface area contributed by atoms with Crippen molar-refractivity contribution < 1.29 is 9.53 Å². The molecule has 0 aromatic heterocycles. The zero-order valence-corrected chi connectivity index (χ0v) is 12.3. The summed E-state index contributed by atoms with van der Waals surface area (Å²) in [7, 11) is 3.37. The Bertz CT molecular complexity index is 599. The summed E-state index contributed by atoms with van der Waals surface area (Å²) in [6, 6.07) is 16.4. The van der Waals surface area contributed by atoms with Gasteiger partial charge in [-0.15, -0.1) is 0 Å². The van der Waals surface area contributed by atoms with Gasteiger partial charge >= 0.3 is 0 Å². The number of amides is 1. The molecule has 0 spiro atoms. The number of carbonyl (C=O) groups excluding carboxylic acids is 1. The summed E-state index contributed by atoms with van der Waals surface area (Å²) in [4.78, 5) is 14.0. The first-order chi connectivity index (χ1) is 10.1. The highest BCUT2D eigenvalue weighted by atomic mass is 16.5. The third-order valence-corrected chi connectivity index (χ3v) is 3.40. The van der Waals surface area contributed by atoms with E-state index in [0.717, 1.165) is 16.9 Å². The molecule has 0 aliphatic heterocycles. The van der Waals surface area contributed by atoms with Crippen LogP contribution in [-0.2, 0) is 11.3 Å². The molecule has 2 rings (SSSR count). The van der Waals surface area contributed by atoms with Gasteiger partial charge in [-0.3, -0.25) is 4.79 Å². The van der Waals surface area contributed by atoms with Crippen molar-refractivity contribution in [2.75, 3.05) is 14.2 Å². The van der Waals surface area contributed by atoms with Crippen molar-refractivity contribution in [1.29, 1.82) is 0 Å². The van der Waals surface area contributed by atoms with Crippen LogP contribution in [0.25, 0.3) is 0 Å². The summed E-state index contributed by atoms with van der Waals surface area (Å²) in [5.74, 6) is 0.650. The first kappa shape index (κ1) is 15.1. The van der Waals surface area contributed by atoms with Crippen molar-refractivity contribution in [2.24, 2.45) is 5.73 Å². The zero-order valence-electron chi connectivity index (χ0n) is 12.3. The van der Waals surface area contributed by atoms with E-state index >= 15 is 0 Å². The largest absolute Gasteiger partial charge is 0.496 e. The summed E-state index contributed by atoms with van der Waals surface area (Å²) in [5.41, 5.74) is 7.81. The number of hydrogen-bond donors (Lipinski definition) is 1. The summed E-state index contributed by atoms with van der Waals surface area (Å²) >= 11 is 0. The molecule has 0 radical (unpaired) electrons. The third-order valence-electron chi connectivity index (χ3n) is 3.40. The van der Waals surface area contributed by atoms with Crippen molar-refractivity contribution in [2.45, 2.75) is 12.6 Å². The normalized spacial score (nSPS) is 11.8. The molecule has 1 amide bonds. The van der Waals surface area contributed by atoms with Crippen LogP contribution in [0, 0.1) is 0 Å². The fraction of sp³-hybridized carbons (Fsp3) is 0.235. The van der Waals surface area contributed by atoms with Gasteiger partial charge in [-0.2, -0.15) is 0 Å². The molecule has 0 saturated heterocycles. The molecule has 4 nitrogen and oxygen atoms in total. The molecule has 110 valence electrons. The van der Waals surface area contributed by atoms with Crippen LogP contribution in [0.5, 0.6) is 5.75 Å². The maximum Gasteiger partial charge on any atom is 0.244 e. The van der Waals surface area contributed by atoms with Crippen LogP contribution >= 0.6 is 0 Å². The lowest BCUT2D eigenvalue weighted by molar-refractivity contribution is -0.132. The summed E-state index contributed by atoms with van der Waals surface area (Å²) < 4.78 is 5.30. The second-order valence-electron chi connectivity index (χ2n) is 4.89. The van der Waals surface area contributed by atoms with E-state index in [1.807, 2.05) is 54.6 Å². The molecule has 0 unspecified atom stereocenters. The molecule has 1 atom stereocenters. The van der Waals surface area contributed by atoms with Gasteiger partial charge in [0.25, 0.3) is 0 Å². The molecule has 4 heteroatoms. The minimum absolute atomic E-state index is 0.118. The number of carbonyl (C=O) groups is 1. The molecule has 2 N–H and O–H groups in total. The van der Waals surface area contributed by atoms with Gasteiger partial charge in [0.05, 0.1) is 7.11 Å². The molecular weight excluding hydrogens is 264 g/mol. The lowest BCUT2D eigenvalue weighted by Crippen LogP contribution is -2.35. The van der Waals surface area contributed by atoms with Gasteiger partial charge in [0.15, 0.2) is 0 Å². The molecule has 2 aromatic rings. The van der Waals surface area contributed by atoms with Crippen molar-refractivity contribution in [3.05, 3.63) is 65.7 Å². The Morgan fingerprint density at radius 1 is 1.14 bits per heavy atom. The summed E-state index contributed by atoms with van der Waals surface area (Å²) in [6.45, 7) is 0.462. The van der Waals surface area contributed by atoms with Crippen LogP contribution in [0.3, 0.4) is 0 Å². The van der Waals surface area contributed by atoms with Crippen molar-refractivity contribution in [3.63, 3.8) is 0 Å². The van der Waals surface area contributed by atoms with Gasteiger partial charge in [-0.1, -0.05) is 48.5 Å². The maximum absolute atomic E-state index is 12.4. The van der Waals surface area contributed by atoms with Gasteiger partial charge in [-0.25, -0.2) is 0 Å². The van der Waals surface area contributed by atoms with E-state index in [1.54, 1.807) is 19.1 Å². The van der Waals surface area contributed by atoms with Crippen LogP contribution in [0.4, 0.5) is 0 Å². The van der Waals surface area contributed by atoms with Gasteiger partial charge in [0.2, 0.25) is 5.91 Å². The van der Waals surface area contributed by atoms with E-state index in [9.17, 15) is 4.79 Å². The molecule has 0 aliphatic rings. The number of hydrogen-bond acceptors (Lipinski definition) is 3. The van der Waals surface area contributed by atoms with E-state index in [4.69, 9.17) is 10.5 Å². The molecule has 0 heterocycles. The average molecular weight is 284 g/mol. The van der Waals surface area contributed by atoms with E-state index in [-0.39, 0.29) is 5.91 Å². The van der Waals surface area contributed by atoms with Gasteiger partial charge in [0, 0.05) is 19.2 Å². The number of benzene rings is 2. The average Bonchev–Trinajstić information content (AvgIpc) is 2.54. The minimum atomic E-state index is -0.647. The summed E-state index contributed by atoms with van der Waals surface area (Å²) in [5, 5.41) is 0. The van der Waals surface area contributed by atoms with Crippen molar-refractivity contribution >= 4 is 5.91 Å². The number of nitrogens with zero attached hydrogens (tertiary/aromatic N) is 1. The first-order valence-electron chi connectivity index (χ1n) is 6.81. The first-order valence-corrected chi connectivity index (χ1v) is 6.81. The second-order valence-corrected chi connectivity index (χ2v) is 4.89. The third kappa shape index (κ3) is 3.61. The quantitative estimate of drug-likeness (QED) is 0.917. The van der Waals surface area contributed by atoms with E-state index in [1.165, 1.54) is 0 Å².